The van der Waals surface area contributed by atoms with Crippen LogP contribution in [0.2, 0.25) is 0 Å². The van der Waals surface area contributed by atoms with Crippen molar-refractivity contribution in [1.82, 2.24) is 15.1 Å². The minimum absolute atomic E-state index is 0.0577. The third-order valence-electron chi connectivity index (χ3n) is 2.28. The summed E-state index contributed by atoms with van der Waals surface area (Å²) in [7, 11) is 11.6. The summed E-state index contributed by atoms with van der Waals surface area (Å²) < 4.78 is 5.00. The van der Waals surface area contributed by atoms with Gasteiger partial charge < -0.3 is 15.4 Å². The van der Waals surface area contributed by atoms with Gasteiger partial charge >= 0.3 is 0 Å². The van der Waals surface area contributed by atoms with Crippen LogP contribution in [-0.4, -0.2) is 71.3 Å². The summed E-state index contributed by atoms with van der Waals surface area (Å²) in [5, 5.41) is 5.51. The minimum atomic E-state index is -0.0577. The van der Waals surface area contributed by atoms with E-state index in [0.29, 0.717) is 6.54 Å². The number of hydrogen-bond acceptors (Lipinski definition) is 5. The standard InChI is InChI=1S/C10H14N2O2.C5H14N2/c1-11-7-10(13)12-8-3-5-9(14-2)6-4-8;1-6(2)5-7(3)4/h3-6,11H,7H2,1-2H3,(H,12,13);5H2,1-4H3. The van der Waals surface area contributed by atoms with E-state index in [1.54, 1.807) is 38.4 Å². The highest BCUT2D eigenvalue weighted by atomic mass is 16.5. The Kier molecular flexibility index (Phi) is 10.2. The molecule has 0 saturated heterocycles. The zero-order valence-corrected chi connectivity index (χ0v) is 13.9. The van der Waals surface area contributed by atoms with Crippen molar-refractivity contribution in [2.24, 2.45) is 0 Å². The number of anilines is 1. The Hall–Kier alpha value is -1.63. The molecule has 0 saturated carbocycles. The molecule has 0 fully saturated rings. The molecule has 0 unspecified atom stereocenters. The van der Waals surface area contributed by atoms with Crippen LogP contribution in [0.4, 0.5) is 5.69 Å². The molecule has 1 amide bonds. The van der Waals surface area contributed by atoms with Crippen molar-refractivity contribution in [3.63, 3.8) is 0 Å². The molecule has 1 rings (SSSR count). The lowest BCUT2D eigenvalue weighted by Crippen LogP contribution is -2.26. The third kappa shape index (κ3) is 10.8. The molecular formula is C15H28N4O2. The van der Waals surface area contributed by atoms with Gasteiger partial charge in [0.2, 0.25) is 5.91 Å². The fourth-order valence-corrected chi connectivity index (χ4v) is 1.61. The van der Waals surface area contributed by atoms with Crippen LogP contribution in [0.25, 0.3) is 0 Å². The van der Waals surface area contributed by atoms with Gasteiger partial charge in [0.05, 0.1) is 13.7 Å². The van der Waals surface area contributed by atoms with Crippen LogP contribution in [-0.2, 0) is 4.79 Å². The van der Waals surface area contributed by atoms with E-state index in [1.807, 2.05) is 0 Å². The van der Waals surface area contributed by atoms with Gasteiger partial charge in [0.1, 0.15) is 5.75 Å². The first-order valence-corrected chi connectivity index (χ1v) is 6.77. The Morgan fingerprint density at radius 1 is 1.10 bits per heavy atom. The van der Waals surface area contributed by atoms with E-state index in [0.717, 1.165) is 18.1 Å². The molecular weight excluding hydrogens is 268 g/mol. The van der Waals surface area contributed by atoms with Crippen molar-refractivity contribution in [1.29, 1.82) is 0 Å². The second-order valence-corrected chi connectivity index (χ2v) is 5.11. The van der Waals surface area contributed by atoms with Gasteiger partial charge in [0.15, 0.2) is 0 Å². The maximum atomic E-state index is 11.2. The third-order valence-corrected chi connectivity index (χ3v) is 2.28. The van der Waals surface area contributed by atoms with Crippen LogP contribution < -0.4 is 15.4 Å². The van der Waals surface area contributed by atoms with E-state index >= 15 is 0 Å². The van der Waals surface area contributed by atoms with Crippen LogP contribution in [0.3, 0.4) is 0 Å². The van der Waals surface area contributed by atoms with Crippen LogP contribution in [0.15, 0.2) is 24.3 Å². The Morgan fingerprint density at radius 2 is 1.62 bits per heavy atom. The number of amides is 1. The first-order chi connectivity index (χ1) is 9.88. The zero-order chi connectivity index (χ0) is 16.3. The van der Waals surface area contributed by atoms with Crippen LogP contribution in [0.1, 0.15) is 0 Å². The molecule has 0 spiro atoms. The monoisotopic (exact) mass is 296 g/mol. The predicted molar refractivity (Wildman–Crippen MR) is 87.8 cm³/mol. The van der Waals surface area contributed by atoms with E-state index < -0.39 is 0 Å². The lowest BCUT2D eigenvalue weighted by atomic mass is 10.3. The summed E-state index contributed by atoms with van der Waals surface area (Å²) in [6.45, 7) is 1.34. The number of carbonyl (C=O) groups excluding carboxylic acids is 1. The van der Waals surface area contributed by atoms with Gasteiger partial charge in [0, 0.05) is 12.4 Å². The van der Waals surface area contributed by atoms with Crippen molar-refractivity contribution < 1.29 is 9.53 Å². The van der Waals surface area contributed by atoms with Crippen molar-refractivity contribution in [3.05, 3.63) is 24.3 Å². The van der Waals surface area contributed by atoms with Crippen molar-refractivity contribution in [2.45, 2.75) is 0 Å². The van der Waals surface area contributed by atoms with E-state index in [1.165, 1.54) is 0 Å². The van der Waals surface area contributed by atoms with Gasteiger partial charge in [-0.25, -0.2) is 0 Å². The summed E-state index contributed by atoms with van der Waals surface area (Å²) in [6.07, 6.45) is 0. The lowest BCUT2D eigenvalue weighted by Gasteiger charge is -2.14. The van der Waals surface area contributed by atoms with Gasteiger partial charge in [-0.2, -0.15) is 0 Å². The first-order valence-electron chi connectivity index (χ1n) is 6.77. The molecule has 0 bridgehead atoms. The number of benzene rings is 1. The molecule has 0 atom stereocenters. The second kappa shape index (κ2) is 11.1. The first kappa shape index (κ1) is 19.4. The lowest BCUT2D eigenvalue weighted by molar-refractivity contribution is -0.115. The Bertz CT molecular complexity index is 385. The molecule has 0 heterocycles. The van der Waals surface area contributed by atoms with E-state index in [9.17, 15) is 4.79 Å². The molecule has 1 aromatic carbocycles. The Morgan fingerprint density at radius 3 is 1.95 bits per heavy atom. The maximum absolute atomic E-state index is 11.2. The molecule has 0 aliphatic heterocycles. The van der Waals surface area contributed by atoms with Gasteiger partial charge in [-0.3, -0.25) is 14.6 Å². The average molecular weight is 296 g/mol. The van der Waals surface area contributed by atoms with Crippen molar-refractivity contribution in [2.75, 3.05) is 60.9 Å². The molecule has 0 aliphatic rings. The smallest absolute Gasteiger partial charge is 0.238 e. The zero-order valence-electron chi connectivity index (χ0n) is 13.9. The second-order valence-electron chi connectivity index (χ2n) is 5.11. The molecule has 0 aliphatic carbocycles. The van der Waals surface area contributed by atoms with Gasteiger partial charge in [-0.05, 0) is 59.5 Å². The number of nitrogens with zero attached hydrogens (tertiary/aromatic N) is 2. The van der Waals surface area contributed by atoms with E-state index in [-0.39, 0.29) is 5.91 Å². The topological polar surface area (TPSA) is 56.8 Å². The van der Waals surface area contributed by atoms with E-state index in [4.69, 9.17) is 4.74 Å². The van der Waals surface area contributed by atoms with Crippen molar-refractivity contribution in [3.8, 4) is 5.75 Å². The molecule has 6 heteroatoms. The highest BCUT2D eigenvalue weighted by molar-refractivity contribution is 5.92. The van der Waals surface area contributed by atoms with E-state index in [2.05, 4.69) is 48.6 Å². The Labute approximate surface area is 128 Å². The summed E-state index contributed by atoms with van der Waals surface area (Å²) in [4.78, 5) is 15.4. The fourth-order valence-electron chi connectivity index (χ4n) is 1.61. The molecule has 1 aromatic rings. The molecule has 6 nitrogen and oxygen atoms in total. The van der Waals surface area contributed by atoms with Crippen LogP contribution in [0.5, 0.6) is 5.75 Å². The molecule has 2 N–H and O–H groups in total. The van der Waals surface area contributed by atoms with Gasteiger partial charge in [-0.1, -0.05) is 0 Å². The number of rotatable bonds is 6. The number of methoxy groups -OCH3 is 1. The molecule has 21 heavy (non-hydrogen) atoms. The largest absolute Gasteiger partial charge is 0.497 e. The quantitative estimate of drug-likeness (QED) is 0.765. The summed E-state index contributed by atoms with van der Waals surface area (Å²) in [5.41, 5.74) is 0.769. The average Bonchev–Trinajstić information content (AvgIpc) is 2.39. The number of nitrogens with one attached hydrogen (secondary N) is 2. The number of carbonyl (C=O) groups is 1. The normalized spacial score (nSPS) is 10.1. The van der Waals surface area contributed by atoms with Gasteiger partial charge in [-0.15, -0.1) is 0 Å². The molecule has 120 valence electrons. The van der Waals surface area contributed by atoms with Gasteiger partial charge in [0.25, 0.3) is 0 Å². The molecule has 0 aromatic heterocycles. The molecule has 0 radical (unpaired) electrons. The Balaban J connectivity index is 0.000000486. The SMILES string of the molecule is CN(C)CN(C)C.CNCC(=O)Nc1ccc(OC)cc1. The highest BCUT2D eigenvalue weighted by Gasteiger charge is 1.99. The summed E-state index contributed by atoms with van der Waals surface area (Å²) in [5.74, 6) is 0.717. The predicted octanol–water partition coefficient (Wildman–Crippen LogP) is 0.920. The minimum Gasteiger partial charge on any atom is -0.497 e. The highest BCUT2D eigenvalue weighted by Crippen LogP contribution is 2.14. The van der Waals surface area contributed by atoms with Crippen molar-refractivity contribution >= 4 is 11.6 Å². The summed E-state index contributed by atoms with van der Waals surface area (Å²) in [6, 6.07) is 7.20. The number of hydrogen-bond donors (Lipinski definition) is 2. The fraction of sp³-hybridized carbons (Fsp3) is 0.533. The summed E-state index contributed by atoms with van der Waals surface area (Å²) >= 11 is 0. The maximum Gasteiger partial charge on any atom is 0.238 e. The number of ether oxygens (including phenoxy) is 1. The number of likely N-dealkylation sites (N-methyl/N-ethyl adjacent to an activating group) is 1. The van der Waals surface area contributed by atoms with Crippen LogP contribution in [0, 0.1) is 0 Å². The van der Waals surface area contributed by atoms with Crippen LogP contribution >= 0.6 is 0 Å².